The summed E-state index contributed by atoms with van der Waals surface area (Å²) in [4.78, 5) is 15.7. The van der Waals surface area contributed by atoms with Gasteiger partial charge in [0.25, 0.3) is 5.91 Å². The Morgan fingerprint density at radius 3 is 2.48 bits per heavy atom. The smallest absolute Gasteiger partial charge is 0.282 e. The van der Waals surface area contributed by atoms with Gasteiger partial charge in [-0.3, -0.25) is 4.79 Å². The number of carbonyl (C=O) groups excluding carboxylic acids is 1. The number of hydrogen-bond acceptors (Lipinski definition) is 2. The highest BCUT2D eigenvalue weighted by atomic mass is 19.1. The lowest BCUT2D eigenvalue weighted by molar-refractivity contribution is -1.02. The van der Waals surface area contributed by atoms with E-state index < -0.39 is 0 Å². The second kappa shape index (κ2) is 10.2. The predicted molar refractivity (Wildman–Crippen MR) is 121 cm³/mol. The van der Waals surface area contributed by atoms with Crippen molar-refractivity contribution in [1.29, 1.82) is 0 Å². The van der Waals surface area contributed by atoms with E-state index in [0.29, 0.717) is 5.92 Å². The number of nitrogens with one attached hydrogen (secondary N) is 3. The molecule has 1 heterocycles. The second-order valence-electron chi connectivity index (χ2n) is 8.95. The maximum Gasteiger partial charge on any atom is 0.282 e. The van der Waals surface area contributed by atoms with Crippen molar-refractivity contribution in [1.82, 2.24) is 0 Å². The summed E-state index contributed by atoms with van der Waals surface area (Å²) in [6, 6.07) is 10.7. The lowest BCUT2D eigenvalue weighted by atomic mass is 9.98. The zero-order valence-corrected chi connectivity index (χ0v) is 19.3. The van der Waals surface area contributed by atoms with Crippen LogP contribution in [-0.2, 0) is 11.3 Å². The molecule has 2 aromatic rings. The number of amides is 1. The van der Waals surface area contributed by atoms with E-state index in [1.807, 2.05) is 26.0 Å². The molecule has 1 aliphatic heterocycles. The van der Waals surface area contributed by atoms with E-state index in [1.54, 1.807) is 19.2 Å². The molecule has 31 heavy (non-hydrogen) atoms. The molecule has 0 spiro atoms. The highest BCUT2D eigenvalue weighted by Gasteiger charge is 2.32. The number of anilines is 1. The van der Waals surface area contributed by atoms with Crippen molar-refractivity contribution >= 4 is 11.6 Å². The topological polar surface area (TPSA) is 47.2 Å². The first-order chi connectivity index (χ1) is 14.8. The molecule has 0 aliphatic carbocycles. The SMILES string of the molecule is COc1ccc(F)cc1C[NH+]1CC[NH+]([C@H](C)C(=O)Nc2c(C)cccc2C(C)C)CC1. The molecule has 1 saturated heterocycles. The largest absolute Gasteiger partial charge is 0.496 e. The van der Waals surface area contributed by atoms with Crippen LogP contribution in [0.5, 0.6) is 5.75 Å². The van der Waals surface area contributed by atoms with Gasteiger partial charge < -0.3 is 19.9 Å². The molecule has 0 saturated carbocycles. The number of carbonyl (C=O) groups is 1. The summed E-state index contributed by atoms with van der Waals surface area (Å²) in [5, 5.41) is 3.20. The lowest BCUT2D eigenvalue weighted by Crippen LogP contribution is -3.29. The maximum atomic E-state index is 13.7. The fraction of sp³-hybridized carbons (Fsp3) is 0.480. The third-order valence-electron chi connectivity index (χ3n) is 6.46. The van der Waals surface area contributed by atoms with Crippen LogP contribution in [-0.4, -0.2) is 45.2 Å². The van der Waals surface area contributed by atoms with Gasteiger partial charge in [-0.15, -0.1) is 0 Å². The summed E-state index contributed by atoms with van der Waals surface area (Å²) < 4.78 is 19.1. The Hall–Kier alpha value is -2.44. The number of halogens is 1. The van der Waals surface area contributed by atoms with Crippen molar-refractivity contribution in [3.63, 3.8) is 0 Å². The minimum atomic E-state index is -0.235. The van der Waals surface area contributed by atoms with E-state index in [9.17, 15) is 9.18 Å². The van der Waals surface area contributed by atoms with E-state index in [0.717, 1.165) is 55.3 Å². The highest BCUT2D eigenvalue weighted by Crippen LogP contribution is 2.27. The van der Waals surface area contributed by atoms with Gasteiger partial charge in [0, 0.05) is 5.69 Å². The number of methoxy groups -OCH3 is 1. The molecule has 168 valence electrons. The fourth-order valence-corrected chi connectivity index (χ4v) is 4.45. The molecule has 5 nitrogen and oxygen atoms in total. The van der Waals surface area contributed by atoms with Crippen molar-refractivity contribution in [3.8, 4) is 5.75 Å². The molecule has 1 amide bonds. The number of benzene rings is 2. The molecule has 6 heteroatoms. The van der Waals surface area contributed by atoms with Gasteiger partial charge in [-0.2, -0.15) is 0 Å². The molecule has 1 fully saturated rings. The van der Waals surface area contributed by atoms with Crippen molar-refractivity contribution in [2.75, 3.05) is 38.6 Å². The minimum absolute atomic E-state index is 0.0708. The Morgan fingerprint density at radius 1 is 1.13 bits per heavy atom. The van der Waals surface area contributed by atoms with Gasteiger partial charge in [0.05, 0.1) is 12.7 Å². The Balaban J connectivity index is 1.59. The monoisotopic (exact) mass is 429 g/mol. The van der Waals surface area contributed by atoms with Gasteiger partial charge >= 0.3 is 0 Å². The van der Waals surface area contributed by atoms with Crippen LogP contribution >= 0.6 is 0 Å². The third-order valence-corrected chi connectivity index (χ3v) is 6.46. The Bertz CT molecular complexity index is 908. The van der Waals surface area contributed by atoms with Gasteiger partial charge in [-0.1, -0.05) is 32.0 Å². The summed E-state index contributed by atoms with van der Waals surface area (Å²) in [5.41, 5.74) is 4.12. The Labute approximate surface area is 185 Å². The number of quaternary nitrogens is 2. The standard InChI is InChI=1S/C25H34FN3O2/c1-17(2)22-8-6-7-18(3)24(22)27-25(30)19(4)29-13-11-28(12-14-29)16-20-15-21(26)9-10-23(20)31-5/h6-10,15,17,19H,11-14,16H2,1-5H3,(H,27,30)/p+2/t19-/m1/s1. The van der Waals surface area contributed by atoms with Gasteiger partial charge in [-0.25, -0.2) is 4.39 Å². The van der Waals surface area contributed by atoms with Crippen molar-refractivity contribution in [2.24, 2.45) is 0 Å². The molecule has 3 rings (SSSR count). The van der Waals surface area contributed by atoms with Crippen LogP contribution in [0.2, 0.25) is 0 Å². The molecule has 0 radical (unpaired) electrons. The maximum absolute atomic E-state index is 13.7. The Morgan fingerprint density at radius 2 is 1.84 bits per heavy atom. The molecule has 0 unspecified atom stereocenters. The molecule has 0 bridgehead atoms. The zero-order chi connectivity index (χ0) is 22.5. The van der Waals surface area contributed by atoms with Crippen LogP contribution in [0.3, 0.4) is 0 Å². The van der Waals surface area contributed by atoms with Crippen molar-refractivity contribution in [3.05, 3.63) is 58.9 Å². The second-order valence-corrected chi connectivity index (χ2v) is 8.95. The summed E-state index contributed by atoms with van der Waals surface area (Å²) in [7, 11) is 1.62. The van der Waals surface area contributed by atoms with Crippen LogP contribution in [0.1, 0.15) is 43.4 Å². The summed E-state index contributed by atoms with van der Waals surface area (Å²) in [5.74, 6) is 0.920. The molecule has 1 aliphatic rings. The van der Waals surface area contributed by atoms with Crippen LogP contribution in [0.15, 0.2) is 36.4 Å². The third kappa shape index (κ3) is 5.63. The average molecular weight is 430 g/mol. The fourth-order valence-electron chi connectivity index (χ4n) is 4.45. The van der Waals surface area contributed by atoms with Gasteiger partial charge in [0.15, 0.2) is 6.04 Å². The van der Waals surface area contributed by atoms with Gasteiger partial charge in [0.2, 0.25) is 0 Å². The first-order valence-electron chi connectivity index (χ1n) is 11.2. The first kappa shape index (κ1) is 23.2. The first-order valence-corrected chi connectivity index (χ1v) is 11.2. The van der Waals surface area contributed by atoms with Crippen LogP contribution in [0.4, 0.5) is 10.1 Å². The van der Waals surface area contributed by atoms with E-state index in [4.69, 9.17) is 4.74 Å². The molecule has 3 N–H and O–H groups in total. The number of aryl methyl sites for hydroxylation is 1. The van der Waals surface area contributed by atoms with E-state index in [-0.39, 0.29) is 17.8 Å². The molecule has 1 atom stereocenters. The van der Waals surface area contributed by atoms with Crippen LogP contribution in [0, 0.1) is 12.7 Å². The zero-order valence-electron chi connectivity index (χ0n) is 19.3. The number of para-hydroxylation sites is 1. The molecular weight excluding hydrogens is 393 g/mol. The number of piperazine rings is 1. The summed E-state index contributed by atoms with van der Waals surface area (Å²) >= 11 is 0. The molecular formula is C25H36FN3O2+2. The quantitative estimate of drug-likeness (QED) is 0.626. The minimum Gasteiger partial charge on any atom is -0.496 e. The molecule has 2 aromatic carbocycles. The summed E-state index contributed by atoms with van der Waals surface area (Å²) in [6.07, 6.45) is 0. The lowest BCUT2D eigenvalue weighted by Gasteiger charge is -2.33. The van der Waals surface area contributed by atoms with Crippen LogP contribution < -0.4 is 19.9 Å². The molecule has 0 aromatic heterocycles. The van der Waals surface area contributed by atoms with E-state index in [1.165, 1.54) is 21.4 Å². The van der Waals surface area contributed by atoms with Gasteiger partial charge in [0.1, 0.15) is 44.3 Å². The normalized spacial score (nSPS) is 19.8. The van der Waals surface area contributed by atoms with Crippen molar-refractivity contribution in [2.45, 2.75) is 46.2 Å². The number of ether oxygens (including phenoxy) is 1. The highest BCUT2D eigenvalue weighted by molar-refractivity contribution is 5.95. The number of rotatable bonds is 7. The van der Waals surface area contributed by atoms with Crippen LogP contribution in [0.25, 0.3) is 0 Å². The predicted octanol–water partition coefficient (Wildman–Crippen LogP) is 1.58. The summed E-state index contributed by atoms with van der Waals surface area (Å²) in [6.45, 7) is 12.8. The van der Waals surface area contributed by atoms with Gasteiger partial charge in [-0.05, 0) is 49.1 Å². The van der Waals surface area contributed by atoms with E-state index >= 15 is 0 Å². The average Bonchev–Trinajstić information content (AvgIpc) is 2.75. The van der Waals surface area contributed by atoms with E-state index in [2.05, 4.69) is 25.2 Å². The number of hydrogen-bond donors (Lipinski definition) is 3. The van der Waals surface area contributed by atoms with Crippen molar-refractivity contribution < 1.29 is 23.7 Å². The Kier molecular flexibility index (Phi) is 7.68.